The summed E-state index contributed by atoms with van der Waals surface area (Å²) in [6.07, 6.45) is -4.08. The Morgan fingerprint density at radius 2 is 1.68 bits per heavy atom. The molecule has 0 aliphatic carbocycles. The Hall–Kier alpha value is -2.54. The highest BCUT2D eigenvalue weighted by atomic mass is 35.5. The molecule has 0 saturated heterocycles. The summed E-state index contributed by atoms with van der Waals surface area (Å²) in [4.78, 5) is 11.9. The summed E-state index contributed by atoms with van der Waals surface area (Å²) in [7, 11) is 2.83. The van der Waals surface area contributed by atoms with Gasteiger partial charge >= 0.3 is 12.0 Å². The Balaban J connectivity index is 2.15. The molecule has 0 aliphatic rings. The second kappa shape index (κ2) is 7.57. The number of carbonyl (C=O) groups excluding carboxylic acids is 1. The van der Waals surface area contributed by atoms with E-state index >= 15 is 0 Å². The van der Waals surface area contributed by atoms with Gasteiger partial charge in [0.2, 0.25) is 0 Å². The number of ether oxygens (including phenoxy) is 3. The third kappa shape index (κ3) is 4.51. The summed E-state index contributed by atoms with van der Waals surface area (Å²) >= 11 is 5.77. The second-order valence-electron chi connectivity index (χ2n) is 5.05. The van der Waals surface area contributed by atoms with Crippen LogP contribution in [0, 0.1) is 6.92 Å². The lowest BCUT2D eigenvalue weighted by molar-refractivity contribution is -0.187. The molecule has 0 aromatic heterocycles. The monoisotopic (exact) mass is 371 g/mol. The minimum Gasteiger partial charge on any atom is -0.493 e. The van der Waals surface area contributed by atoms with Gasteiger partial charge in [0, 0.05) is 16.8 Å². The Kier molecular flexibility index (Phi) is 5.69. The van der Waals surface area contributed by atoms with Crippen molar-refractivity contribution in [3.05, 3.63) is 47.0 Å². The molecule has 25 heavy (non-hydrogen) atoms. The molecule has 0 fully saturated rings. The molecule has 0 aliphatic heterocycles. The van der Waals surface area contributed by atoms with E-state index in [0.29, 0.717) is 16.3 Å². The van der Waals surface area contributed by atoms with Gasteiger partial charge in [0.1, 0.15) is 5.75 Å². The van der Waals surface area contributed by atoms with E-state index in [9.17, 15) is 13.6 Å². The van der Waals surface area contributed by atoms with Crippen molar-refractivity contribution >= 4 is 23.2 Å². The van der Waals surface area contributed by atoms with E-state index in [1.807, 2.05) is 0 Å². The molecule has 1 N–H and O–H groups in total. The summed E-state index contributed by atoms with van der Waals surface area (Å²) in [5, 5.41) is 2.46. The zero-order valence-corrected chi connectivity index (χ0v) is 14.5. The van der Waals surface area contributed by atoms with Gasteiger partial charge in [0.25, 0.3) is 0 Å². The largest absolute Gasteiger partial charge is 0.493 e. The molecule has 2 rings (SSSR count). The standard InChI is InChI=1S/C17H16ClF2NO4/c1-10-8-11(18)4-6-13(10)25-17(19,20)16(22)21-12-5-7-14(23-2)15(9-12)24-3/h4-9H,1-3H3,(H,21,22). The first-order valence-corrected chi connectivity index (χ1v) is 7.51. The van der Waals surface area contributed by atoms with Crippen molar-refractivity contribution < 1.29 is 27.8 Å². The van der Waals surface area contributed by atoms with Crippen LogP contribution in [0.3, 0.4) is 0 Å². The number of aryl methyl sites for hydroxylation is 1. The Morgan fingerprint density at radius 3 is 2.28 bits per heavy atom. The predicted octanol–water partition coefficient (Wildman–Crippen LogP) is 4.28. The summed E-state index contributed by atoms with van der Waals surface area (Å²) in [6, 6.07) is 8.38. The van der Waals surface area contributed by atoms with Crippen LogP contribution in [0.1, 0.15) is 5.56 Å². The molecule has 134 valence electrons. The quantitative estimate of drug-likeness (QED) is 0.823. The van der Waals surface area contributed by atoms with Gasteiger partial charge in [-0.15, -0.1) is 0 Å². The third-order valence-electron chi connectivity index (χ3n) is 3.28. The number of amides is 1. The van der Waals surface area contributed by atoms with Gasteiger partial charge in [-0.1, -0.05) is 11.6 Å². The number of alkyl halides is 2. The second-order valence-corrected chi connectivity index (χ2v) is 5.49. The zero-order chi connectivity index (χ0) is 18.6. The molecule has 5 nitrogen and oxygen atoms in total. The molecule has 2 aromatic carbocycles. The third-order valence-corrected chi connectivity index (χ3v) is 3.52. The number of halogens is 3. The van der Waals surface area contributed by atoms with Crippen molar-refractivity contribution in [2.45, 2.75) is 13.0 Å². The van der Waals surface area contributed by atoms with Crippen LogP contribution >= 0.6 is 11.6 Å². The summed E-state index contributed by atoms with van der Waals surface area (Å²) in [6.45, 7) is 1.55. The lowest BCUT2D eigenvalue weighted by Gasteiger charge is -2.19. The Labute approximate surface area is 148 Å². The topological polar surface area (TPSA) is 56.8 Å². The van der Waals surface area contributed by atoms with Gasteiger partial charge in [-0.25, -0.2) is 0 Å². The number of anilines is 1. The maximum Gasteiger partial charge on any atom is 0.482 e. The fourth-order valence-electron chi connectivity index (χ4n) is 2.03. The Bertz CT molecular complexity index is 783. The van der Waals surface area contributed by atoms with Crippen molar-refractivity contribution in [3.8, 4) is 17.2 Å². The number of hydrogen-bond acceptors (Lipinski definition) is 4. The minimum atomic E-state index is -4.08. The van der Waals surface area contributed by atoms with Crippen molar-refractivity contribution in [1.29, 1.82) is 0 Å². The van der Waals surface area contributed by atoms with E-state index in [1.54, 1.807) is 6.92 Å². The lowest BCUT2D eigenvalue weighted by atomic mass is 10.2. The van der Waals surface area contributed by atoms with Crippen LogP contribution in [0.2, 0.25) is 5.02 Å². The molecule has 0 atom stereocenters. The van der Waals surface area contributed by atoms with Crippen LogP contribution in [-0.2, 0) is 4.79 Å². The Morgan fingerprint density at radius 1 is 1.04 bits per heavy atom. The fourth-order valence-corrected chi connectivity index (χ4v) is 2.26. The van der Waals surface area contributed by atoms with Gasteiger partial charge in [0.05, 0.1) is 14.2 Å². The molecule has 0 spiro atoms. The maximum absolute atomic E-state index is 14.1. The van der Waals surface area contributed by atoms with E-state index in [2.05, 4.69) is 10.1 Å². The molecular formula is C17H16ClF2NO4. The number of methoxy groups -OCH3 is 2. The summed E-state index contributed by atoms with van der Waals surface area (Å²) in [5.74, 6) is -1.07. The predicted molar refractivity (Wildman–Crippen MR) is 89.9 cm³/mol. The molecule has 0 saturated carbocycles. The lowest BCUT2D eigenvalue weighted by Crippen LogP contribution is -2.40. The van der Waals surface area contributed by atoms with Gasteiger partial charge in [-0.2, -0.15) is 8.78 Å². The van der Waals surface area contributed by atoms with E-state index in [4.69, 9.17) is 21.1 Å². The van der Waals surface area contributed by atoms with Crippen LogP contribution in [0.5, 0.6) is 17.2 Å². The van der Waals surface area contributed by atoms with Crippen molar-refractivity contribution in [2.24, 2.45) is 0 Å². The van der Waals surface area contributed by atoms with E-state index in [-0.39, 0.29) is 17.2 Å². The minimum absolute atomic E-state index is 0.110. The molecule has 2 aromatic rings. The fraction of sp³-hybridized carbons (Fsp3) is 0.235. The number of benzene rings is 2. The van der Waals surface area contributed by atoms with E-state index < -0.39 is 12.0 Å². The molecule has 8 heteroatoms. The molecule has 0 unspecified atom stereocenters. The van der Waals surface area contributed by atoms with Crippen LogP contribution in [0.4, 0.5) is 14.5 Å². The number of nitrogens with one attached hydrogen (secondary N) is 1. The summed E-state index contributed by atoms with van der Waals surface area (Å²) in [5.41, 5.74) is 0.491. The molecule has 1 amide bonds. The molecule has 0 bridgehead atoms. The zero-order valence-electron chi connectivity index (χ0n) is 13.7. The van der Waals surface area contributed by atoms with Crippen LogP contribution < -0.4 is 19.5 Å². The number of carbonyl (C=O) groups is 1. The van der Waals surface area contributed by atoms with Crippen LogP contribution in [0.25, 0.3) is 0 Å². The highest BCUT2D eigenvalue weighted by Gasteiger charge is 2.42. The number of rotatable bonds is 6. The number of hydrogen-bond donors (Lipinski definition) is 1. The average molecular weight is 372 g/mol. The van der Waals surface area contributed by atoms with Gasteiger partial charge < -0.3 is 19.5 Å². The van der Waals surface area contributed by atoms with Crippen molar-refractivity contribution in [2.75, 3.05) is 19.5 Å². The van der Waals surface area contributed by atoms with Gasteiger partial charge in [-0.3, -0.25) is 4.79 Å². The van der Waals surface area contributed by atoms with E-state index in [1.165, 1.54) is 50.6 Å². The van der Waals surface area contributed by atoms with Gasteiger partial charge in [-0.05, 0) is 42.8 Å². The van der Waals surface area contributed by atoms with Gasteiger partial charge in [0.15, 0.2) is 11.5 Å². The highest BCUT2D eigenvalue weighted by molar-refractivity contribution is 6.30. The first-order valence-electron chi connectivity index (χ1n) is 7.13. The van der Waals surface area contributed by atoms with Crippen LogP contribution in [0.15, 0.2) is 36.4 Å². The van der Waals surface area contributed by atoms with Crippen LogP contribution in [-0.4, -0.2) is 26.2 Å². The average Bonchev–Trinajstić information content (AvgIpc) is 2.57. The van der Waals surface area contributed by atoms with Crippen molar-refractivity contribution in [1.82, 2.24) is 0 Å². The first-order chi connectivity index (χ1) is 11.8. The smallest absolute Gasteiger partial charge is 0.482 e. The summed E-state index contributed by atoms with van der Waals surface area (Å²) < 4.78 is 42.8. The SMILES string of the molecule is COc1ccc(NC(=O)C(F)(F)Oc2ccc(Cl)cc2C)cc1OC. The molecule has 0 radical (unpaired) electrons. The maximum atomic E-state index is 14.1. The molecular weight excluding hydrogens is 356 g/mol. The van der Waals surface area contributed by atoms with Crippen molar-refractivity contribution in [3.63, 3.8) is 0 Å². The first kappa shape index (κ1) is 18.8. The highest BCUT2D eigenvalue weighted by Crippen LogP contribution is 2.31. The molecule has 0 heterocycles. The van der Waals surface area contributed by atoms with E-state index in [0.717, 1.165) is 0 Å². The normalized spacial score (nSPS) is 11.0.